The number of hydrogen-bond donors (Lipinski definition) is 0. The summed E-state index contributed by atoms with van der Waals surface area (Å²) < 4.78 is 13.2. The Kier molecular flexibility index (Phi) is 6.45. The van der Waals surface area contributed by atoms with Crippen molar-refractivity contribution in [1.82, 2.24) is 14.5 Å². The Morgan fingerprint density at radius 2 is 1.87 bits per heavy atom. The molecule has 0 spiro atoms. The molecule has 6 heteroatoms. The van der Waals surface area contributed by atoms with Gasteiger partial charge < -0.3 is 9.47 Å². The third-order valence-corrected chi connectivity index (χ3v) is 5.68. The Balaban J connectivity index is 1.50. The van der Waals surface area contributed by atoms with Crippen LogP contribution in [0.5, 0.6) is 5.75 Å². The van der Waals surface area contributed by atoms with Gasteiger partial charge in [0.25, 0.3) is 5.56 Å². The number of rotatable bonds is 7. The average Bonchev–Trinajstić information content (AvgIpc) is 2.76. The standard InChI is InChI=1S/C24H29N3O3/c1-18-8-9-20(16-19(18)2)30-13-5-10-27-23(17-26-11-14-29-15-12-26)25-22-7-4-3-6-21(22)24(27)28/h3-4,6-9,16H,5,10-15,17H2,1-2H3. The smallest absolute Gasteiger partial charge is 0.261 e. The summed E-state index contributed by atoms with van der Waals surface area (Å²) in [6.07, 6.45) is 0.739. The van der Waals surface area contributed by atoms with E-state index in [1.165, 1.54) is 11.1 Å². The first-order valence-corrected chi connectivity index (χ1v) is 10.6. The highest BCUT2D eigenvalue weighted by Gasteiger charge is 2.16. The quantitative estimate of drug-likeness (QED) is 0.563. The summed E-state index contributed by atoms with van der Waals surface area (Å²) in [5, 5.41) is 0.665. The van der Waals surface area contributed by atoms with Crippen LogP contribution in [0.3, 0.4) is 0 Å². The van der Waals surface area contributed by atoms with Crippen molar-refractivity contribution in [3.05, 3.63) is 69.8 Å². The van der Waals surface area contributed by atoms with E-state index in [1.807, 2.05) is 34.9 Å². The number of para-hydroxylation sites is 1. The fourth-order valence-corrected chi connectivity index (χ4v) is 3.74. The normalized spacial score (nSPS) is 14.9. The second-order valence-corrected chi connectivity index (χ2v) is 7.84. The van der Waals surface area contributed by atoms with Gasteiger partial charge in [0.15, 0.2) is 0 Å². The zero-order valence-corrected chi connectivity index (χ0v) is 17.8. The van der Waals surface area contributed by atoms with Crippen molar-refractivity contribution in [2.24, 2.45) is 0 Å². The largest absolute Gasteiger partial charge is 0.494 e. The SMILES string of the molecule is Cc1ccc(OCCCn2c(CN3CCOCC3)nc3ccccc3c2=O)cc1C. The van der Waals surface area contributed by atoms with Crippen LogP contribution in [0.15, 0.2) is 47.3 Å². The van der Waals surface area contributed by atoms with Gasteiger partial charge in [0, 0.05) is 19.6 Å². The lowest BCUT2D eigenvalue weighted by Gasteiger charge is -2.27. The number of fused-ring (bicyclic) bond motifs is 1. The molecule has 0 saturated carbocycles. The monoisotopic (exact) mass is 407 g/mol. The number of ether oxygens (including phenoxy) is 2. The Morgan fingerprint density at radius 1 is 1.07 bits per heavy atom. The van der Waals surface area contributed by atoms with Crippen molar-refractivity contribution in [1.29, 1.82) is 0 Å². The van der Waals surface area contributed by atoms with E-state index < -0.39 is 0 Å². The zero-order chi connectivity index (χ0) is 20.9. The summed E-state index contributed by atoms with van der Waals surface area (Å²) in [5.41, 5.74) is 3.25. The van der Waals surface area contributed by atoms with Crippen LogP contribution in [0.25, 0.3) is 10.9 Å². The molecule has 1 fully saturated rings. The van der Waals surface area contributed by atoms with Crippen molar-refractivity contribution < 1.29 is 9.47 Å². The Bertz CT molecular complexity index is 1070. The number of aromatic nitrogens is 2. The molecule has 0 N–H and O–H groups in total. The van der Waals surface area contributed by atoms with Gasteiger partial charge in [-0.05, 0) is 55.7 Å². The predicted octanol–water partition coefficient (Wildman–Crippen LogP) is 3.31. The summed E-state index contributed by atoms with van der Waals surface area (Å²) >= 11 is 0. The van der Waals surface area contributed by atoms with E-state index in [0.29, 0.717) is 25.1 Å². The number of hydrogen-bond acceptors (Lipinski definition) is 5. The van der Waals surface area contributed by atoms with Gasteiger partial charge in [-0.25, -0.2) is 4.98 Å². The van der Waals surface area contributed by atoms with Crippen molar-refractivity contribution in [2.75, 3.05) is 32.9 Å². The van der Waals surface area contributed by atoms with E-state index in [4.69, 9.17) is 14.5 Å². The summed E-state index contributed by atoms with van der Waals surface area (Å²) in [7, 11) is 0. The molecule has 30 heavy (non-hydrogen) atoms. The minimum absolute atomic E-state index is 0.0232. The molecule has 0 aliphatic carbocycles. The van der Waals surface area contributed by atoms with Crippen LogP contribution >= 0.6 is 0 Å². The molecule has 6 nitrogen and oxygen atoms in total. The lowest BCUT2D eigenvalue weighted by molar-refractivity contribution is 0.0324. The first-order valence-electron chi connectivity index (χ1n) is 10.6. The van der Waals surface area contributed by atoms with E-state index in [-0.39, 0.29) is 5.56 Å². The van der Waals surface area contributed by atoms with Crippen LogP contribution < -0.4 is 10.3 Å². The Labute approximate surface area is 177 Å². The molecule has 0 bridgehead atoms. The van der Waals surface area contributed by atoms with Crippen LogP contribution in [0, 0.1) is 13.8 Å². The molecule has 0 amide bonds. The first-order chi connectivity index (χ1) is 14.6. The molecule has 4 rings (SSSR count). The molecule has 1 saturated heterocycles. The molecule has 0 atom stereocenters. The van der Waals surface area contributed by atoms with Crippen LogP contribution in [0.2, 0.25) is 0 Å². The van der Waals surface area contributed by atoms with Gasteiger partial charge in [0.05, 0.1) is 37.3 Å². The van der Waals surface area contributed by atoms with Gasteiger partial charge >= 0.3 is 0 Å². The van der Waals surface area contributed by atoms with Gasteiger partial charge in [-0.15, -0.1) is 0 Å². The molecule has 0 unspecified atom stereocenters. The maximum atomic E-state index is 13.2. The van der Waals surface area contributed by atoms with Crippen molar-refractivity contribution in [3.8, 4) is 5.75 Å². The van der Waals surface area contributed by atoms with Crippen LogP contribution in [0.1, 0.15) is 23.4 Å². The van der Waals surface area contributed by atoms with Crippen LogP contribution in [0.4, 0.5) is 0 Å². The molecule has 158 valence electrons. The van der Waals surface area contributed by atoms with Crippen LogP contribution in [-0.2, 0) is 17.8 Å². The second-order valence-electron chi connectivity index (χ2n) is 7.84. The summed E-state index contributed by atoms with van der Waals surface area (Å²) in [6, 6.07) is 13.7. The molecular formula is C24H29N3O3. The lowest BCUT2D eigenvalue weighted by atomic mass is 10.1. The van der Waals surface area contributed by atoms with Gasteiger partial charge in [-0.1, -0.05) is 18.2 Å². The summed E-state index contributed by atoms with van der Waals surface area (Å²) in [4.78, 5) is 20.3. The van der Waals surface area contributed by atoms with E-state index >= 15 is 0 Å². The predicted molar refractivity (Wildman–Crippen MR) is 118 cm³/mol. The number of morpholine rings is 1. The van der Waals surface area contributed by atoms with E-state index in [0.717, 1.165) is 49.8 Å². The third-order valence-electron chi connectivity index (χ3n) is 5.68. The average molecular weight is 408 g/mol. The fourth-order valence-electron chi connectivity index (χ4n) is 3.74. The van der Waals surface area contributed by atoms with Gasteiger partial charge in [0.1, 0.15) is 11.6 Å². The lowest BCUT2D eigenvalue weighted by Crippen LogP contribution is -2.38. The van der Waals surface area contributed by atoms with E-state index in [2.05, 4.69) is 30.9 Å². The van der Waals surface area contributed by atoms with Gasteiger partial charge in [-0.2, -0.15) is 0 Å². The van der Waals surface area contributed by atoms with Crippen molar-refractivity contribution in [2.45, 2.75) is 33.4 Å². The Morgan fingerprint density at radius 3 is 2.67 bits per heavy atom. The molecule has 2 heterocycles. The first kappa shape index (κ1) is 20.6. The highest BCUT2D eigenvalue weighted by Crippen LogP contribution is 2.17. The maximum Gasteiger partial charge on any atom is 0.261 e. The minimum atomic E-state index is 0.0232. The topological polar surface area (TPSA) is 56.6 Å². The summed E-state index contributed by atoms with van der Waals surface area (Å²) in [6.45, 7) is 9.14. The van der Waals surface area contributed by atoms with E-state index in [9.17, 15) is 4.79 Å². The summed E-state index contributed by atoms with van der Waals surface area (Å²) in [5.74, 6) is 1.68. The molecule has 2 aromatic carbocycles. The van der Waals surface area contributed by atoms with Gasteiger partial charge in [-0.3, -0.25) is 14.3 Å². The number of nitrogens with zero attached hydrogens (tertiary/aromatic N) is 3. The molecule has 1 aliphatic heterocycles. The fraction of sp³-hybridized carbons (Fsp3) is 0.417. The molecule has 0 radical (unpaired) electrons. The van der Waals surface area contributed by atoms with Crippen molar-refractivity contribution >= 4 is 10.9 Å². The minimum Gasteiger partial charge on any atom is -0.494 e. The zero-order valence-electron chi connectivity index (χ0n) is 17.8. The number of aryl methyl sites for hydroxylation is 2. The number of benzene rings is 2. The molecular weight excluding hydrogens is 378 g/mol. The Hall–Kier alpha value is -2.70. The van der Waals surface area contributed by atoms with E-state index in [1.54, 1.807) is 0 Å². The van der Waals surface area contributed by atoms with Crippen LogP contribution in [-0.4, -0.2) is 47.4 Å². The highest BCUT2D eigenvalue weighted by molar-refractivity contribution is 5.77. The second kappa shape index (κ2) is 9.41. The third kappa shape index (κ3) is 4.71. The highest BCUT2D eigenvalue weighted by atomic mass is 16.5. The molecule has 1 aromatic heterocycles. The molecule has 3 aromatic rings. The maximum absolute atomic E-state index is 13.2. The van der Waals surface area contributed by atoms with Gasteiger partial charge in [0.2, 0.25) is 0 Å². The van der Waals surface area contributed by atoms with Crippen molar-refractivity contribution in [3.63, 3.8) is 0 Å². The molecule has 1 aliphatic rings.